The highest BCUT2D eigenvalue weighted by Crippen LogP contribution is 2.30. The molecule has 0 aromatic heterocycles. The molecule has 0 bridgehead atoms. The largest absolute Gasteiger partial charge is 0.348 e. The Hall–Kier alpha value is -2.24. The number of ether oxygens (including phenoxy) is 4. The maximum absolute atomic E-state index is 6.02. The van der Waals surface area contributed by atoms with Gasteiger partial charge in [-0.2, -0.15) is 0 Å². The Bertz CT molecular complexity index is 664. The first-order valence-electron chi connectivity index (χ1n) is 8.56. The van der Waals surface area contributed by atoms with Gasteiger partial charge in [0.05, 0.1) is 0 Å². The molecular formula is C22H24O4. The van der Waals surface area contributed by atoms with Crippen LogP contribution in [0.15, 0.2) is 72.8 Å². The van der Waals surface area contributed by atoms with E-state index in [4.69, 9.17) is 18.9 Å². The maximum Gasteiger partial charge on any atom is 0.212 e. The molecule has 2 atom stereocenters. The van der Waals surface area contributed by atoms with Gasteiger partial charge in [0.25, 0.3) is 0 Å². The molecule has 26 heavy (non-hydrogen) atoms. The lowest BCUT2D eigenvalue weighted by atomic mass is 10.1. The molecule has 1 aliphatic rings. The molecule has 0 saturated carbocycles. The van der Waals surface area contributed by atoms with Gasteiger partial charge in [-0.1, -0.05) is 72.8 Å². The Morgan fingerprint density at radius 1 is 0.692 bits per heavy atom. The van der Waals surface area contributed by atoms with Crippen molar-refractivity contribution in [2.24, 2.45) is 0 Å². The lowest BCUT2D eigenvalue weighted by Crippen LogP contribution is -2.53. The molecular weight excluding hydrogens is 328 g/mol. The van der Waals surface area contributed by atoms with E-state index in [0.717, 1.165) is 11.1 Å². The van der Waals surface area contributed by atoms with Crippen LogP contribution in [0.25, 0.3) is 12.2 Å². The highest BCUT2D eigenvalue weighted by Gasteiger charge is 2.43. The van der Waals surface area contributed by atoms with Crippen molar-refractivity contribution >= 4 is 12.2 Å². The molecule has 2 aromatic rings. The van der Waals surface area contributed by atoms with E-state index in [-0.39, 0.29) is 13.2 Å². The molecule has 1 saturated heterocycles. The van der Waals surface area contributed by atoms with Crippen LogP contribution in [-0.2, 0) is 18.9 Å². The van der Waals surface area contributed by atoms with Crippen LogP contribution < -0.4 is 0 Å². The summed E-state index contributed by atoms with van der Waals surface area (Å²) in [6.07, 6.45) is 7.69. The molecule has 2 aromatic carbocycles. The van der Waals surface area contributed by atoms with Crippen molar-refractivity contribution in [1.29, 1.82) is 0 Å². The predicted octanol–water partition coefficient (Wildman–Crippen LogP) is 4.15. The van der Waals surface area contributed by atoms with Gasteiger partial charge in [0, 0.05) is 14.2 Å². The van der Waals surface area contributed by atoms with E-state index in [2.05, 4.69) is 0 Å². The Kier molecular flexibility index (Phi) is 6.01. The van der Waals surface area contributed by atoms with Crippen molar-refractivity contribution < 1.29 is 18.9 Å². The second kappa shape index (κ2) is 8.43. The molecule has 4 nitrogen and oxygen atoms in total. The van der Waals surface area contributed by atoms with Crippen LogP contribution in [0.1, 0.15) is 11.1 Å². The van der Waals surface area contributed by atoms with E-state index in [0.29, 0.717) is 0 Å². The van der Waals surface area contributed by atoms with Crippen LogP contribution in [-0.4, -0.2) is 39.0 Å². The second-order valence-electron chi connectivity index (χ2n) is 6.10. The summed E-state index contributed by atoms with van der Waals surface area (Å²) in [7, 11) is 3.22. The number of hydrogen-bond acceptors (Lipinski definition) is 4. The first kappa shape index (κ1) is 18.5. The minimum atomic E-state index is -0.932. The highest BCUT2D eigenvalue weighted by molar-refractivity contribution is 5.51. The minimum Gasteiger partial charge on any atom is -0.348 e. The van der Waals surface area contributed by atoms with Crippen LogP contribution in [0.2, 0.25) is 0 Å². The number of benzene rings is 2. The normalized spacial score (nSPS) is 26.5. The van der Waals surface area contributed by atoms with E-state index >= 15 is 0 Å². The predicted molar refractivity (Wildman–Crippen MR) is 102 cm³/mol. The van der Waals surface area contributed by atoms with Crippen LogP contribution >= 0.6 is 0 Å². The van der Waals surface area contributed by atoms with Gasteiger partial charge in [0.1, 0.15) is 13.2 Å². The quantitative estimate of drug-likeness (QED) is 0.783. The van der Waals surface area contributed by atoms with Crippen LogP contribution in [0.5, 0.6) is 0 Å². The highest BCUT2D eigenvalue weighted by atomic mass is 16.8. The Labute approximate surface area is 154 Å². The van der Waals surface area contributed by atoms with Crippen molar-refractivity contribution in [3.63, 3.8) is 0 Å². The summed E-state index contributed by atoms with van der Waals surface area (Å²) in [6, 6.07) is 20.0. The van der Waals surface area contributed by atoms with Crippen molar-refractivity contribution in [2.45, 2.75) is 11.6 Å². The molecule has 0 spiro atoms. The number of hydrogen-bond donors (Lipinski definition) is 0. The summed E-state index contributed by atoms with van der Waals surface area (Å²) >= 11 is 0. The number of rotatable bonds is 6. The molecule has 0 radical (unpaired) electrons. The van der Waals surface area contributed by atoms with E-state index in [1.807, 2.05) is 85.0 Å². The summed E-state index contributed by atoms with van der Waals surface area (Å²) in [6.45, 7) is 0.444. The van der Waals surface area contributed by atoms with E-state index in [9.17, 15) is 0 Å². The second-order valence-corrected chi connectivity index (χ2v) is 6.10. The third-order valence-electron chi connectivity index (χ3n) is 4.38. The van der Waals surface area contributed by atoms with E-state index < -0.39 is 11.6 Å². The fourth-order valence-electron chi connectivity index (χ4n) is 2.67. The molecule has 0 amide bonds. The number of methoxy groups -OCH3 is 2. The average molecular weight is 352 g/mol. The van der Waals surface area contributed by atoms with E-state index in [1.165, 1.54) is 0 Å². The van der Waals surface area contributed by atoms with Gasteiger partial charge in [0.2, 0.25) is 11.6 Å². The Balaban J connectivity index is 1.70. The maximum atomic E-state index is 6.02. The molecule has 1 heterocycles. The zero-order chi connectivity index (χ0) is 18.3. The Morgan fingerprint density at radius 2 is 1.08 bits per heavy atom. The molecule has 2 unspecified atom stereocenters. The third-order valence-corrected chi connectivity index (χ3v) is 4.38. The molecule has 136 valence electrons. The zero-order valence-electron chi connectivity index (χ0n) is 15.1. The van der Waals surface area contributed by atoms with Crippen LogP contribution in [0.3, 0.4) is 0 Å². The zero-order valence-corrected chi connectivity index (χ0v) is 15.1. The monoisotopic (exact) mass is 352 g/mol. The molecule has 1 fully saturated rings. The molecule has 0 aliphatic carbocycles. The van der Waals surface area contributed by atoms with Gasteiger partial charge in [-0.05, 0) is 23.3 Å². The summed E-state index contributed by atoms with van der Waals surface area (Å²) in [4.78, 5) is 0. The minimum absolute atomic E-state index is 0.222. The summed E-state index contributed by atoms with van der Waals surface area (Å²) < 4.78 is 23.2. The molecule has 1 aliphatic heterocycles. The summed E-state index contributed by atoms with van der Waals surface area (Å²) in [5.74, 6) is -1.86. The van der Waals surface area contributed by atoms with Crippen LogP contribution in [0.4, 0.5) is 0 Å². The van der Waals surface area contributed by atoms with Crippen molar-refractivity contribution in [3.8, 4) is 0 Å². The third kappa shape index (κ3) is 4.48. The van der Waals surface area contributed by atoms with Crippen molar-refractivity contribution in [1.82, 2.24) is 0 Å². The van der Waals surface area contributed by atoms with Gasteiger partial charge >= 0.3 is 0 Å². The fourth-order valence-corrected chi connectivity index (χ4v) is 2.67. The smallest absolute Gasteiger partial charge is 0.212 e. The summed E-state index contributed by atoms with van der Waals surface area (Å²) in [5.41, 5.74) is 2.14. The first-order valence-corrected chi connectivity index (χ1v) is 8.56. The SMILES string of the molecule is COC1(C=Cc2ccccc2)COC(C=Cc2ccccc2)(OC)CO1. The van der Waals surface area contributed by atoms with Gasteiger partial charge in [0.15, 0.2) is 0 Å². The average Bonchev–Trinajstić information content (AvgIpc) is 2.73. The van der Waals surface area contributed by atoms with Crippen LogP contribution in [0, 0.1) is 0 Å². The molecule has 0 N–H and O–H groups in total. The topological polar surface area (TPSA) is 36.9 Å². The van der Waals surface area contributed by atoms with Gasteiger partial charge in [-0.15, -0.1) is 0 Å². The van der Waals surface area contributed by atoms with Gasteiger partial charge < -0.3 is 18.9 Å². The van der Waals surface area contributed by atoms with Crippen molar-refractivity contribution in [3.05, 3.63) is 83.9 Å². The van der Waals surface area contributed by atoms with Gasteiger partial charge in [-0.25, -0.2) is 0 Å². The summed E-state index contributed by atoms with van der Waals surface area (Å²) in [5, 5.41) is 0. The lowest BCUT2D eigenvalue weighted by Gasteiger charge is -2.42. The van der Waals surface area contributed by atoms with Crippen molar-refractivity contribution in [2.75, 3.05) is 27.4 Å². The molecule has 3 rings (SSSR count). The molecule has 4 heteroatoms. The fraction of sp³-hybridized carbons (Fsp3) is 0.273. The standard InChI is InChI=1S/C22H24O4/c1-23-21(15-13-19-9-5-3-6-10-19)17-26-22(24-2,18-25-21)16-14-20-11-7-4-8-12-20/h3-16H,17-18H2,1-2H3. The Morgan fingerprint density at radius 3 is 1.38 bits per heavy atom. The first-order chi connectivity index (χ1) is 12.7. The lowest BCUT2D eigenvalue weighted by molar-refractivity contribution is -0.343. The van der Waals surface area contributed by atoms with Gasteiger partial charge in [-0.3, -0.25) is 0 Å². The van der Waals surface area contributed by atoms with E-state index in [1.54, 1.807) is 14.2 Å².